The Morgan fingerprint density at radius 3 is 2.94 bits per heavy atom. The van der Waals surface area contributed by atoms with Gasteiger partial charge in [-0.25, -0.2) is 0 Å². The molecule has 0 saturated heterocycles. The van der Waals surface area contributed by atoms with Crippen molar-refractivity contribution in [1.29, 1.82) is 0 Å². The third-order valence-corrected chi connectivity index (χ3v) is 3.84. The van der Waals surface area contributed by atoms with Crippen LogP contribution >= 0.6 is 11.3 Å². The standard InChI is InChI=1S/C14H15NS/c1-3-4-9-15-11(2)14-10-12-7-5-6-8-13(12)16-14/h5-8,10-11,15H,9H2,1-2H3. The van der Waals surface area contributed by atoms with Crippen molar-refractivity contribution >= 4 is 21.4 Å². The minimum atomic E-state index is 0.373. The highest BCUT2D eigenvalue weighted by atomic mass is 32.1. The lowest BCUT2D eigenvalue weighted by molar-refractivity contribution is 0.634. The summed E-state index contributed by atoms with van der Waals surface area (Å²) in [6, 6.07) is 11.1. The SMILES string of the molecule is CC#CCNC(C)c1cc2ccccc2s1. The van der Waals surface area contributed by atoms with Gasteiger partial charge < -0.3 is 0 Å². The molecule has 16 heavy (non-hydrogen) atoms. The molecule has 1 aromatic heterocycles. The van der Waals surface area contributed by atoms with E-state index in [0.717, 1.165) is 6.54 Å². The third kappa shape index (κ3) is 2.44. The quantitative estimate of drug-likeness (QED) is 0.793. The maximum absolute atomic E-state index is 3.40. The molecule has 0 fully saturated rings. The van der Waals surface area contributed by atoms with Crippen molar-refractivity contribution in [2.75, 3.05) is 6.54 Å². The van der Waals surface area contributed by atoms with Gasteiger partial charge in [-0.3, -0.25) is 5.32 Å². The highest BCUT2D eigenvalue weighted by Crippen LogP contribution is 2.29. The van der Waals surface area contributed by atoms with Crippen molar-refractivity contribution in [3.8, 4) is 11.8 Å². The Morgan fingerprint density at radius 1 is 1.38 bits per heavy atom. The minimum Gasteiger partial charge on any atom is -0.299 e. The van der Waals surface area contributed by atoms with E-state index < -0.39 is 0 Å². The van der Waals surface area contributed by atoms with E-state index in [0.29, 0.717) is 6.04 Å². The summed E-state index contributed by atoms with van der Waals surface area (Å²) in [6.07, 6.45) is 0. The molecule has 82 valence electrons. The van der Waals surface area contributed by atoms with Gasteiger partial charge in [0.1, 0.15) is 0 Å². The van der Waals surface area contributed by atoms with Gasteiger partial charge in [0, 0.05) is 15.6 Å². The van der Waals surface area contributed by atoms with E-state index >= 15 is 0 Å². The number of benzene rings is 1. The first-order valence-corrected chi connectivity index (χ1v) is 6.24. The molecule has 0 spiro atoms. The highest BCUT2D eigenvalue weighted by Gasteiger charge is 2.07. The number of nitrogens with one attached hydrogen (secondary N) is 1. The van der Waals surface area contributed by atoms with E-state index in [9.17, 15) is 0 Å². The Kier molecular flexibility index (Phi) is 3.61. The Balaban J connectivity index is 2.15. The van der Waals surface area contributed by atoms with Crippen LogP contribution in [0.15, 0.2) is 30.3 Å². The van der Waals surface area contributed by atoms with Crippen LogP contribution in [0, 0.1) is 11.8 Å². The average Bonchev–Trinajstić information content (AvgIpc) is 2.73. The molecule has 1 N–H and O–H groups in total. The zero-order valence-electron chi connectivity index (χ0n) is 9.58. The molecular weight excluding hydrogens is 214 g/mol. The summed E-state index contributed by atoms with van der Waals surface area (Å²) in [6.45, 7) is 4.81. The fourth-order valence-corrected chi connectivity index (χ4v) is 2.70. The Labute approximate surface area is 100 Å². The van der Waals surface area contributed by atoms with Crippen molar-refractivity contribution in [3.05, 3.63) is 35.2 Å². The van der Waals surface area contributed by atoms with E-state index in [-0.39, 0.29) is 0 Å². The van der Waals surface area contributed by atoms with Gasteiger partial charge in [-0.05, 0) is 31.4 Å². The highest BCUT2D eigenvalue weighted by molar-refractivity contribution is 7.19. The van der Waals surface area contributed by atoms with Crippen LogP contribution in [0.5, 0.6) is 0 Å². The molecule has 0 aliphatic rings. The number of rotatable bonds is 3. The number of thiophene rings is 1. The molecule has 1 aromatic carbocycles. The summed E-state index contributed by atoms with van der Waals surface area (Å²) in [5.74, 6) is 5.92. The van der Waals surface area contributed by atoms with Crippen molar-refractivity contribution < 1.29 is 0 Å². The van der Waals surface area contributed by atoms with E-state index in [1.807, 2.05) is 18.3 Å². The normalized spacial score (nSPS) is 12.1. The molecule has 2 heteroatoms. The van der Waals surface area contributed by atoms with E-state index in [1.54, 1.807) is 0 Å². The molecule has 0 amide bonds. The molecule has 2 aromatic rings. The molecular formula is C14H15NS. The zero-order chi connectivity index (χ0) is 11.4. The van der Waals surface area contributed by atoms with Crippen molar-refractivity contribution in [1.82, 2.24) is 5.32 Å². The second-order valence-corrected chi connectivity index (χ2v) is 4.83. The molecule has 0 aliphatic carbocycles. The zero-order valence-corrected chi connectivity index (χ0v) is 10.4. The fourth-order valence-electron chi connectivity index (χ4n) is 1.61. The molecule has 0 aliphatic heterocycles. The van der Waals surface area contributed by atoms with Crippen LogP contribution < -0.4 is 5.32 Å². The molecule has 2 rings (SSSR count). The Morgan fingerprint density at radius 2 is 2.19 bits per heavy atom. The molecule has 1 atom stereocenters. The van der Waals surface area contributed by atoms with Gasteiger partial charge in [0.15, 0.2) is 0 Å². The summed E-state index contributed by atoms with van der Waals surface area (Å²) in [5, 5.41) is 4.73. The van der Waals surface area contributed by atoms with Crippen LogP contribution in [0.1, 0.15) is 24.8 Å². The van der Waals surface area contributed by atoms with Crippen molar-refractivity contribution in [2.24, 2.45) is 0 Å². The van der Waals surface area contributed by atoms with Gasteiger partial charge in [0.2, 0.25) is 0 Å². The lowest BCUT2D eigenvalue weighted by Crippen LogP contribution is -2.17. The Bertz CT molecular complexity index is 497. The first-order chi connectivity index (χ1) is 7.81. The van der Waals surface area contributed by atoms with E-state index in [1.165, 1.54) is 15.0 Å². The first-order valence-electron chi connectivity index (χ1n) is 5.42. The minimum absolute atomic E-state index is 0.373. The van der Waals surface area contributed by atoms with Gasteiger partial charge in [0.05, 0.1) is 6.54 Å². The predicted octanol–water partition coefficient (Wildman–Crippen LogP) is 3.58. The maximum atomic E-state index is 3.40. The molecule has 0 bridgehead atoms. The largest absolute Gasteiger partial charge is 0.299 e. The summed E-state index contributed by atoms with van der Waals surface area (Å²) in [4.78, 5) is 1.37. The summed E-state index contributed by atoms with van der Waals surface area (Å²) >= 11 is 1.85. The smallest absolute Gasteiger partial charge is 0.0581 e. The molecule has 1 nitrogen and oxygen atoms in total. The van der Waals surface area contributed by atoms with E-state index in [2.05, 4.69) is 54.4 Å². The van der Waals surface area contributed by atoms with Gasteiger partial charge >= 0.3 is 0 Å². The van der Waals surface area contributed by atoms with Gasteiger partial charge in [-0.1, -0.05) is 24.1 Å². The summed E-state index contributed by atoms with van der Waals surface area (Å²) < 4.78 is 1.35. The third-order valence-electron chi connectivity index (χ3n) is 2.54. The average molecular weight is 229 g/mol. The predicted molar refractivity (Wildman–Crippen MR) is 71.7 cm³/mol. The maximum Gasteiger partial charge on any atom is 0.0581 e. The number of fused-ring (bicyclic) bond motifs is 1. The van der Waals surface area contributed by atoms with Crippen LogP contribution in [0.4, 0.5) is 0 Å². The summed E-state index contributed by atoms with van der Waals surface area (Å²) in [7, 11) is 0. The van der Waals surface area contributed by atoms with E-state index in [4.69, 9.17) is 0 Å². The monoisotopic (exact) mass is 229 g/mol. The van der Waals surface area contributed by atoms with Crippen LogP contribution in [0.3, 0.4) is 0 Å². The molecule has 1 unspecified atom stereocenters. The van der Waals surface area contributed by atoms with Crippen LogP contribution in [0.2, 0.25) is 0 Å². The fraction of sp³-hybridized carbons (Fsp3) is 0.286. The Hall–Kier alpha value is -1.30. The van der Waals surface area contributed by atoms with Crippen LogP contribution in [-0.4, -0.2) is 6.54 Å². The lowest BCUT2D eigenvalue weighted by atomic mass is 10.2. The second-order valence-electron chi connectivity index (χ2n) is 3.72. The molecule has 0 radical (unpaired) electrons. The first kappa shape index (κ1) is 11.2. The van der Waals surface area contributed by atoms with Crippen molar-refractivity contribution in [3.63, 3.8) is 0 Å². The lowest BCUT2D eigenvalue weighted by Gasteiger charge is -2.08. The topological polar surface area (TPSA) is 12.0 Å². The van der Waals surface area contributed by atoms with Gasteiger partial charge in [0.25, 0.3) is 0 Å². The summed E-state index contributed by atoms with van der Waals surface area (Å²) in [5.41, 5.74) is 0. The van der Waals surface area contributed by atoms with Crippen LogP contribution in [0.25, 0.3) is 10.1 Å². The van der Waals surface area contributed by atoms with Crippen molar-refractivity contribution in [2.45, 2.75) is 19.9 Å². The van der Waals surface area contributed by atoms with Gasteiger partial charge in [-0.15, -0.1) is 17.3 Å². The van der Waals surface area contributed by atoms with Gasteiger partial charge in [-0.2, -0.15) is 0 Å². The number of hydrogen-bond acceptors (Lipinski definition) is 2. The second kappa shape index (κ2) is 5.16. The molecule has 0 saturated carbocycles. The van der Waals surface area contributed by atoms with Crippen LogP contribution in [-0.2, 0) is 0 Å². The molecule has 1 heterocycles. The number of hydrogen-bond donors (Lipinski definition) is 1.